The lowest BCUT2D eigenvalue weighted by Gasteiger charge is -2.25. The lowest BCUT2D eigenvalue weighted by molar-refractivity contribution is 0.220. The van der Waals surface area contributed by atoms with Crippen molar-refractivity contribution < 1.29 is 13.9 Å². The summed E-state index contributed by atoms with van der Waals surface area (Å²) in [6, 6.07) is 20.6. The summed E-state index contributed by atoms with van der Waals surface area (Å²) in [5.74, 6) is 1.18. The van der Waals surface area contributed by atoms with Gasteiger partial charge in [0, 0.05) is 41.8 Å². The number of thioether (sulfide) groups is 1. The second-order valence-corrected chi connectivity index (χ2v) is 9.36. The van der Waals surface area contributed by atoms with Crippen molar-refractivity contribution in [2.45, 2.75) is 31.0 Å². The largest absolute Gasteiger partial charge is 0.496 e. The Morgan fingerprint density at radius 3 is 2.59 bits per heavy atom. The van der Waals surface area contributed by atoms with Crippen molar-refractivity contribution in [3.63, 3.8) is 0 Å². The minimum Gasteiger partial charge on any atom is -0.496 e. The highest BCUT2D eigenvalue weighted by molar-refractivity contribution is 7.98. The molecule has 9 heteroatoms. The summed E-state index contributed by atoms with van der Waals surface area (Å²) in [6.07, 6.45) is -0.579. The minimum absolute atomic E-state index is 0.257. The van der Waals surface area contributed by atoms with Gasteiger partial charge in [-0.1, -0.05) is 48.2 Å². The van der Waals surface area contributed by atoms with Gasteiger partial charge in [0.25, 0.3) is 0 Å². The third-order valence-electron chi connectivity index (χ3n) is 6.28. The zero-order valence-corrected chi connectivity index (χ0v) is 21.8. The fraction of sp³-hybridized carbons (Fsp3) is 0.250. The molecule has 0 saturated carbocycles. The first kappa shape index (κ1) is 24.8. The van der Waals surface area contributed by atoms with Crippen LogP contribution in [0.25, 0.3) is 11.3 Å². The van der Waals surface area contributed by atoms with Crippen molar-refractivity contribution in [1.29, 1.82) is 0 Å². The number of hydrogen-bond donors (Lipinski definition) is 1. The number of nitrogens with zero attached hydrogens (tertiary/aromatic N) is 4. The topological polar surface area (TPSA) is 72.4 Å². The predicted octanol–water partition coefficient (Wildman–Crippen LogP) is 6.33. The molecule has 0 amide bonds. The van der Waals surface area contributed by atoms with Crippen molar-refractivity contribution in [3.8, 4) is 22.9 Å². The van der Waals surface area contributed by atoms with E-state index in [1.54, 1.807) is 19.2 Å². The minimum atomic E-state index is -0.579. The maximum absolute atomic E-state index is 14.1. The van der Waals surface area contributed by atoms with E-state index < -0.39 is 6.23 Å². The van der Waals surface area contributed by atoms with Crippen LogP contribution < -0.4 is 19.7 Å². The Kier molecular flexibility index (Phi) is 7.41. The number of methoxy groups -OCH3 is 1. The molecular weight excluding hydrogens is 489 g/mol. The monoisotopic (exact) mass is 517 g/mol. The van der Waals surface area contributed by atoms with Gasteiger partial charge >= 0.3 is 0 Å². The number of anilines is 2. The van der Waals surface area contributed by atoms with Gasteiger partial charge in [0.15, 0.2) is 5.69 Å². The van der Waals surface area contributed by atoms with Crippen LogP contribution in [0.1, 0.15) is 31.2 Å². The number of halogens is 1. The lowest BCUT2D eigenvalue weighted by atomic mass is 10.1. The number of rotatable bonds is 8. The first-order valence-corrected chi connectivity index (χ1v) is 13.2. The molecule has 4 aromatic rings. The van der Waals surface area contributed by atoms with Crippen LogP contribution in [0, 0.1) is 5.82 Å². The molecular formula is C28H28FN5O2S. The van der Waals surface area contributed by atoms with Crippen LogP contribution >= 0.6 is 11.8 Å². The van der Waals surface area contributed by atoms with E-state index in [1.807, 2.05) is 42.5 Å². The standard InChI is InChI=1S/C28H28FN5O2S/c1-4-34(5-2)19-14-15-21(24(16-19)35-3)26-30-23-13-9-7-11-20(23)25-27(36-26)31-28(33-32-25)37-17-18-10-6-8-12-22(18)29/h6-16,26,30H,4-5,17H2,1-3H3. The molecule has 1 aromatic heterocycles. The van der Waals surface area contributed by atoms with Gasteiger partial charge in [-0.2, -0.15) is 4.98 Å². The summed E-state index contributed by atoms with van der Waals surface area (Å²) in [6.45, 7) is 6.05. The van der Waals surface area contributed by atoms with E-state index in [-0.39, 0.29) is 5.82 Å². The maximum Gasteiger partial charge on any atom is 0.247 e. The van der Waals surface area contributed by atoms with Gasteiger partial charge in [-0.3, -0.25) is 0 Å². The molecule has 0 radical (unpaired) electrons. The summed E-state index contributed by atoms with van der Waals surface area (Å²) in [4.78, 5) is 6.93. The molecule has 1 unspecified atom stereocenters. The summed E-state index contributed by atoms with van der Waals surface area (Å²) < 4.78 is 26.3. The fourth-order valence-corrected chi connectivity index (χ4v) is 5.07. The third kappa shape index (κ3) is 5.17. The summed E-state index contributed by atoms with van der Waals surface area (Å²) >= 11 is 1.31. The van der Waals surface area contributed by atoms with Gasteiger partial charge in [0.1, 0.15) is 11.6 Å². The molecule has 0 spiro atoms. The zero-order valence-electron chi connectivity index (χ0n) is 20.9. The van der Waals surface area contributed by atoms with E-state index in [9.17, 15) is 4.39 Å². The quantitative estimate of drug-likeness (QED) is 0.272. The SMILES string of the molecule is CCN(CC)c1ccc(C2Nc3ccccc3-c3nnc(SCc4ccccc4F)nc3O2)c(OC)c1. The van der Waals surface area contributed by atoms with E-state index in [4.69, 9.17) is 9.47 Å². The van der Waals surface area contributed by atoms with Crippen molar-refractivity contribution >= 4 is 23.1 Å². The third-order valence-corrected chi connectivity index (χ3v) is 7.16. The number of ether oxygens (including phenoxy) is 2. The fourth-order valence-electron chi connectivity index (χ4n) is 4.31. The van der Waals surface area contributed by atoms with Crippen molar-refractivity contribution in [1.82, 2.24) is 15.2 Å². The normalized spacial score (nSPS) is 14.0. The number of benzene rings is 3. The highest BCUT2D eigenvalue weighted by Crippen LogP contribution is 2.42. The second-order valence-electron chi connectivity index (χ2n) is 8.41. The average molecular weight is 518 g/mol. The maximum atomic E-state index is 14.1. The van der Waals surface area contributed by atoms with Crippen LogP contribution in [0.4, 0.5) is 15.8 Å². The molecule has 1 N–H and O–H groups in total. The molecule has 7 nitrogen and oxygen atoms in total. The van der Waals surface area contributed by atoms with Gasteiger partial charge in [0.2, 0.25) is 17.3 Å². The molecule has 0 saturated heterocycles. The molecule has 5 rings (SSSR count). The Morgan fingerprint density at radius 2 is 1.81 bits per heavy atom. The molecule has 0 aliphatic carbocycles. The Labute approximate surface area is 220 Å². The zero-order chi connectivity index (χ0) is 25.8. The molecule has 37 heavy (non-hydrogen) atoms. The number of fused-ring (bicyclic) bond motifs is 3. The van der Waals surface area contributed by atoms with E-state index in [0.29, 0.717) is 33.8 Å². The van der Waals surface area contributed by atoms with Gasteiger partial charge in [-0.15, -0.1) is 10.2 Å². The first-order valence-electron chi connectivity index (χ1n) is 12.2. The van der Waals surface area contributed by atoms with Gasteiger partial charge in [0.05, 0.1) is 12.7 Å². The number of nitrogens with one attached hydrogen (secondary N) is 1. The Morgan fingerprint density at radius 1 is 1.03 bits per heavy atom. The van der Waals surface area contributed by atoms with Crippen LogP contribution in [0.15, 0.2) is 71.9 Å². The lowest BCUT2D eigenvalue weighted by Crippen LogP contribution is -2.22. The summed E-state index contributed by atoms with van der Waals surface area (Å²) in [5.41, 5.74) is 4.72. The number of aromatic nitrogens is 3. The summed E-state index contributed by atoms with van der Waals surface area (Å²) in [7, 11) is 1.66. The Balaban J connectivity index is 1.50. The van der Waals surface area contributed by atoms with Gasteiger partial charge in [-0.25, -0.2) is 4.39 Å². The molecule has 0 bridgehead atoms. The molecule has 1 atom stereocenters. The van der Waals surface area contributed by atoms with Crippen LogP contribution in [-0.4, -0.2) is 35.4 Å². The molecule has 1 aliphatic rings. The van der Waals surface area contributed by atoms with Gasteiger partial charge < -0.3 is 19.7 Å². The number of hydrogen-bond acceptors (Lipinski definition) is 8. The molecule has 190 valence electrons. The van der Waals surface area contributed by atoms with Crippen LogP contribution in [0.2, 0.25) is 0 Å². The molecule has 2 heterocycles. The van der Waals surface area contributed by atoms with E-state index >= 15 is 0 Å². The molecule has 3 aromatic carbocycles. The highest BCUT2D eigenvalue weighted by atomic mass is 32.2. The molecule has 1 aliphatic heterocycles. The van der Waals surface area contributed by atoms with Crippen molar-refractivity contribution in [2.24, 2.45) is 0 Å². The molecule has 0 fully saturated rings. The Bertz CT molecular complexity index is 1400. The smallest absolute Gasteiger partial charge is 0.247 e. The van der Waals surface area contributed by atoms with Crippen LogP contribution in [0.3, 0.4) is 0 Å². The van der Waals surface area contributed by atoms with Crippen molar-refractivity contribution in [2.75, 3.05) is 30.4 Å². The predicted molar refractivity (Wildman–Crippen MR) is 145 cm³/mol. The average Bonchev–Trinajstić information content (AvgIpc) is 3.09. The van der Waals surface area contributed by atoms with E-state index in [2.05, 4.69) is 45.3 Å². The second kappa shape index (κ2) is 11.0. The Hall–Kier alpha value is -3.85. The summed E-state index contributed by atoms with van der Waals surface area (Å²) in [5, 5.41) is 12.6. The van der Waals surface area contributed by atoms with E-state index in [1.165, 1.54) is 17.8 Å². The first-order chi connectivity index (χ1) is 18.1. The number of para-hydroxylation sites is 1. The van der Waals surface area contributed by atoms with Crippen molar-refractivity contribution in [3.05, 3.63) is 83.7 Å². The van der Waals surface area contributed by atoms with Gasteiger partial charge in [-0.05, 0) is 43.7 Å². The highest BCUT2D eigenvalue weighted by Gasteiger charge is 2.28. The van der Waals surface area contributed by atoms with E-state index in [0.717, 1.165) is 35.6 Å². The van der Waals surface area contributed by atoms with Crippen LogP contribution in [-0.2, 0) is 5.75 Å². The van der Waals surface area contributed by atoms with Crippen LogP contribution in [0.5, 0.6) is 11.6 Å².